The van der Waals surface area contributed by atoms with Crippen LogP contribution in [0.1, 0.15) is 76.8 Å². The number of para-hydroxylation sites is 1. The van der Waals surface area contributed by atoms with Crippen molar-refractivity contribution in [3.63, 3.8) is 0 Å². The minimum Gasteiger partial charge on any atom is -0.493 e. The van der Waals surface area contributed by atoms with Crippen molar-refractivity contribution in [2.45, 2.75) is 51.0 Å². The maximum atomic E-state index is 13.3. The van der Waals surface area contributed by atoms with Crippen LogP contribution >= 0.6 is 0 Å². The van der Waals surface area contributed by atoms with Gasteiger partial charge in [0.2, 0.25) is 17.7 Å². The SMILES string of the molecule is Nc1ccc(/C=C/C=C2/C(=O)N(CCNC(=O)CCCCCCOc3cccc4c3C(=O)N(C3CCC(=O)NC3=O)C4=O)c3ccccc32)cc1. The lowest BCUT2D eigenvalue weighted by Gasteiger charge is -2.27. The van der Waals surface area contributed by atoms with Gasteiger partial charge in [-0.1, -0.05) is 61.4 Å². The summed E-state index contributed by atoms with van der Waals surface area (Å²) in [6.07, 6.45) is 9.00. The summed E-state index contributed by atoms with van der Waals surface area (Å²) in [7, 11) is 0. The molecule has 0 radical (unpaired) electrons. The number of piperidine rings is 1. The third kappa shape index (κ3) is 7.75. The molecule has 0 aliphatic carbocycles. The monoisotopic (exact) mass is 689 g/mol. The maximum absolute atomic E-state index is 13.3. The number of fused-ring (bicyclic) bond motifs is 2. The summed E-state index contributed by atoms with van der Waals surface area (Å²) < 4.78 is 5.89. The number of allylic oxidation sites excluding steroid dienone is 2. The second-order valence-corrected chi connectivity index (χ2v) is 12.6. The zero-order chi connectivity index (χ0) is 35.9. The number of amides is 6. The first kappa shape index (κ1) is 34.8. The normalized spacial score (nSPS) is 17.7. The summed E-state index contributed by atoms with van der Waals surface area (Å²) in [5.74, 6) is -2.20. The highest BCUT2D eigenvalue weighted by Crippen LogP contribution is 2.36. The number of nitrogens with zero attached hydrogens (tertiary/aromatic N) is 2. The highest BCUT2D eigenvalue weighted by Gasteiger charge is 2.46. The van der Waals surface area contributed by atoms with Crippen LogP contribution in [0.5, 0.6) is 5.75 Å². The van der Waals surface area contributed by atoms with E-state index < -0.39 is 29.7 Å². The molecule has 51 heavy (non-hydrogen) atoms. The van der Waals surface area contributed by atoms with Crippen LogP contribution in [-0.2, 0) is 19.2 Å². The molecule has 3 aliphatic rings. The van der Waals surface area contributed by atoms with Crippen LogP contribution in [-0.4, -0.2) is 66.1 Å². The molecule has 12 heteroatoms. The predicted octanol–water partition coefficient (Wildman–Crippen LogP) is 4.26. The predicted molar refractivity (Wildman–Crippen MR) is 191 cm³/mol. The highest BCUT2D eigenvalue weighted by atomic mass is 16.5. The van der Waals surface area contributed by atoms with E-state index in [1.807, 2.05) is 66.8 Å². The first-order valence-electron chi connectivity index (χ1n) is 17.1. The minimum atomic E-state index is -1.04. The van der Waals surface area contributed by atoms with Gasteiger partial charge >= 0.3 is 0 Å². The Morgan fingerprint density at radius 3 is 2.45 bits per heavy atom. The van der Waals surface area contributed by atoms with Gasteiger partial charge in [0.15, 0.2) is 0 Å². The summed E-state index contributed by atoms with van der Waals surface area (Å²) in [5.41, 5.74) is 9.98. The lowest BCUT2D eigenvalue weighted by molar-refractivity contribution is -0.136. The molecular formula is C39H39N5O7. The molecule has 1 saturated heterocycles. The number of unbranched alkanes of at least 4 members (excludes halogenated alkanes) is 3. The number of rotatable bonds is 14. The van der Waals surface area contributed by atoms with Crippen molar-refractivity contribution in [2.75, 3.05) is 30.3 Å². The summed E-state index contributed by atoms with van der Waals surface area (Å²) in [6.45, 7) is 0.979. The van der Waals surface area contributed by atoms with Crippen LogP contribution in [0.15, 0.2) is 78.9 Å². The molecular weight excluding hydrogens is 650 g/mol. The highest BCUT2D eigenvalue weighted by molar-refractivity contribution is 6.32. The Hall–Kier alpha value is -6.04. The second-order valence-electron chi connectivity index (χ2n) is 12.6. The first-order valence-corrected chi connectivity index (χ1v) is 17.1. The van der Waals surface area contributed by atoms with Gasteiger partial charge in [-0.15, -0.1) is 0 Å². The Morgan fingerprint density at radius 2 is 1.65 bits per heavy atom. The largest absolute Gasteiger partial charge is 0.493 e. The summed E-state index contributed by atoms with van der Waals surface area (Å²) in [4.78, 5) is 78.6. The molecule has 12 nitrogen and oxygen atoms in total. The number of ether oxygens (including phenoxy) is 1. The molecule has 3 aliphatic heterocycles. The number of hydrogen-bond acceptors (Lipinski definition) is 8. The van der Waals surface area contributed by atoms with Gasteiger partial charge < -0.3 is 20.7 Å². The van der Waals surface area contributed by atoms with Gasteiger partial charge in [-0.25, -0.2) is 0 Å². The lowest BCUT2D eigenvalue weighted by Crippen LogP contribution is -2.54. The fourth-order valence-electron chi connectivity index (χ4n) is 6.48. The van der Waals surface area contributed by atoms with Crippen LogP contribution in [0.25, 0.3) is 11.6 Å². The van der Waals surface area contributed by atoms with Crippen molar-refractivity contribution in [1.29, 1.82) is 0 Å². The van der Waals surface area contributed by atoms with E-state index in [1.54, 1.807) is 17.0 Å². The topological polar surface area (TPSA) is 168 Å². The third-order valence-corrected chi connectivity index (χ3v) is 9.09. The quantitative estimate of drug-likeness (QED) is 0.0977. The molecule has 3 aromatic rings. The Morgan fingerprint density at radius 1 is 0.882 bits per heavy atom. The number of anilines is 2. The summed E-state index contributed by atoms with van der Waals surface area (Å²) in [6, 6.07) is 18.8. The van der Waals surface area contributed by atoms with Crippen molar-refractivity contribution in [2.24, 2.45) is 0 Å². The molecule has 3 heterocycles. The number of nitrogens with two attached hydrogens (primary N) is 1. The van der Waals surface area contributed by atoms with E-state index in [1.165, 1.54) is 6.07 Å². The number of imide groups is 2. The zero-order valence-corrected chi connectivity index (χ0v) is 28.1. The third-order valence-electron chi connectivity index (χ3n) is 9.09. The number of benzene rings is 3. The molecule has 1 fully saturated rings. The zero-order valence-electron chi connectivity index (χ0n) is 28.1. The number of carbonyl (C=O) groups is 6. The van der Waals surface area contributed by atoms with E-state index >= 15 is 0 Å². The van der Waals surface area contributed by atoms with E-state index in [9.17, 15) is 28.8 Å². The van der Waals surface area contributed by atoms with Gasteiger partial charge in [0.1, 0.15) is 11.8 Å². The Labute approximate surface area is 295 Å². The Kier molecular flexibility index (Phi) is 10.7. The molecule has 0 saturated carbocycles. The van der Waals surface area contributed by atoms with Crippen LogP contribution < -0.4 is 26.0 Å². The minimum absolute atomic E-state index is 0.0495. The van der Waals surface area contributed by atoms with Gasteiger partial charge in [0, 0.05) is 42.8 Å². The average molecular weight is 690 g/mol. The lowest BCUT2D eigenvalue weighted by atomic mass is 10.0. The molecule has 1 atom stereocenters. The van der Waals surface area contributed by atoms with Gasteiger partial charge in [0.25, 0.3) is 17.7 Å². The summed E-state index contributed by atoms with van der Waals surface area (Å²) in [5, 5.41) is 5.12. The van der Waals surface area contributed by atoms with Crippen LogP contribution in [0, 0.1) is 0 Å². The van der Waals surface area contributed by atoms with Gasteiger partial charge in [-0.2, -0.15) is 0 Å². The average Bonchev–Trinajstić information content (AvgIpc) is 3.53. The molecule has 262 valence electrons. The number of carbonyl (C=O) groups excluding carboxylic acids is 6. The van der Waals surface area contributed by atoms with Crippen molar-refractivity contribution < 1.29 is 33.5 Å². The molecule has 3 aromatic carbocycles. The Balaban J connectivity index is 0.906. The molecule has 6 amide bonds. The van der Waals surface area contributed by atoms with Gasteiger partial charge in [-0.3, -0.25) is 39.0 Å². The standard InChI is InChI=1S/C39H39N5O7/c40-26-18-16-25(17-19-26)9-7-11-28-27-10-4-5-13-30(27)43(37(28)48)23-22-41-33(45)15-3-1-2-6-24-51-32-14-8-12-29-35(32)39(50)44(38(29)49)31-20-21-34(46)42-36(31)47/h4-5,7-14,16-19,31H,1-3,6,15,20-24,40H2,(H,41,45)(H,42,46,47)/b9-7+,28-11+. The van der Waals surface area contributed by atoms with Crippen molar-refractivity contribution in [1.82, 2.24) is 15.5 Å². The number of nitrogens with one attached hydrogen (secondary N) is 2. The molecule has 0 spiro atoms. The fraction of sp³-hybridized carbons (Fsp3) is 0.282. The van der Waals surface area contributed by atoms with E-state index in [0.717, 1.165) is 34.6 Å². The van der Waals surface area contributed by atoms with E-state index in [2.05, 4.69) is 10.6 Å². The van der Waals surface area contributed by atoms with Crippen molar-refractivity contribution in [3.8, 4) is 5.75 Å². The van der Waals surface area contributed by atoms with Gasteiger partial charge in [-0.05, 0) is 61.2 Å². The van der Waals surface area contributed by atoms with Gasteiger partial charge in [0.05, 0.1) is 23.4 Å². The van der Waals surface area contributed by atoms with Crippen molar-refractivity contribution >= 4 is 58.5 Å². The molecule has 0 aromatic heterocycles. The summed E-state index contributed by atoms with van der Waals surface area (Å²) >= 11 is 0. The van der Waals surface area contributed by atoms with Crippen LogP contribution in [0.3, 0.4) is 0 Å². The number of nitrogen functional groups attached to an aromatic ring is 1. The molecule has 0 bridgehead atoms. The fourth-order valence-corrected chi connectivity index (χ4v) is 6.48. The van der Waals surface area contributed by atoms with E-state index in [4.69, 9.17) is 10.5 Å². The van der Waals surface area contributed by atoms with Crippen molar-refractivity contribution in [3.05, 3.63) is 101 Å². The molecule has 4 N–H and O–H groups in total. The second kappa shape index (κ2) is 15.7. The number of hydrogen-bond donors (Lipinski definition) is 3. The maximum Gasteiger partial charge on any atom is 0.266 e. The molecule has 6 rings (SSSR count). The first-order chi connectivity index (χ1) is 24.7. The van der Waals surface area contributed by atoms with Crippen LogP contribution in [0.4, 0.5) is 11.4 Å². The van der Waals surface area contributed by atoms with E-state index in [-0.39, 0.29) is 41.5 Å². The van der Waals surface area contributed by atoms with Crippen LogP contribution in [0.2, 0.25) is 0 Å². The smallest absolute Gasteiger partial charge is 0.266 e. The molecule has 1 unspecified atom stereocenters. The van der Waals surface area contributed by atoms with E-state index in [0.29, 0.717) is 50.2 Å². The Bertz CT molecular complexity index is 1930.